The summed E-state index contributed by atoms with van der Waals surface area (Å²) < 4.78 is 34.4. The standard InChI is InChI=1S/C23H25N3O3S2/c1-3-14-26-22(17-30-23(26)24-19-8-10-20(29-2)11-9-19)18-6-12-21(13-7-18)31(27,28)25-15-4-5-16-25/h3,6-13,17H,1,4-5,14-16H2,2H3. The van der Waals surface area contributed by atoms with Gasteiger partial charge >= 0.3 is 0 Å². The monoisotopic (exact) mass is 455 g/mol. The summed E-state index contributed by atoms with van der Waals surface area (Å²) in [5, 5.41) is 2.04. The summed E-state index contributed by atoms with van der Waals surface area (Å²) in [4.78, 5) is 5.95. The number of methoxy groups -OCH3 is 1. The summed E-state index contributed by atoms with van der Waals surface area (Å²) in [7, 11) is -1.78. The summed E-state index contributed by atoms with van der Waals surface area (Å²) in [5.74, 6) is 0.786. The smallest absolute Gasteiger partial charge is 0.243 e. The fourth-order valence-electron chi connectivity index (χ4n) is 3.60. The molecule has 0 unspecified atom stereocenters. The molecule has 1 saturated heterocycles. The van der Waals surface area contributed by atoms with E-state index in [1.165, 1.54) is 11.3 Å². The average Bonchev–Trinajstić information content (AvgIpc) is 3.46. The lowest BCUT2D eigenvalue weighted by Crippen LogP contribution is -2.27. The third-order valence-electron chi connectivity index (χ3n) is 5.26. The maximum Gasteiger partial charge on any atom is 0.243 e. The molecule has 31 heavy (non-hydrogen) atoms. The van der Waals surface area contributed by atoms with Gasteiger partial charge in [0.2, 0.25) is 10.0 Å². The minimum atomic E-state index is -3.42. The van der Waals surface area contributed by atoms with Crippen molar-refractivity contribution in [3.8, 4) is 17.0 Å². The molecule has 3 aromatic rings. The highest BCUT2D eigenvalue weighted by Crippen LogP contribution is 2.26. The van der Waals surface area contributed by atoms with Gasteiger partial charge in [-0.25, -0.2) is 13.4 Å². The van der Waals surface area contributed by atoms with E-state index in [1.54, 1.807) is 23.5 Å². The Bertz CT molecular complexity index is 1220. The normalized spacial score (nSPS) is 15.3. The van der Waals surface area contributed by atoms with Crippen LogP contribution in [0.15, 0.2) is 76.5 Å². The van der Waals surface area contributed by atoms with E-state index in [9.17, 15) is 8.42 Å². The van der Waals surface area contributed by atoms with Crippen LogP contribution in [-0.4, -0.2) is 37.5 Å². The summed E-state index contributed by atoms with van der Waals surface area (Å²) in [6, 6.07) is 14.7. The first-order chi connectivity index (χ1) is 15.0. The quantitative estimate of drug-likeness (QED) is 0.495. The Morgan fingerprint density at radius 3 is 2.39 bits per heavy atom. The van der Waals surface area contributed by atoms with Gasteiger partial charge in [-0.2, -0.15) is 4.31 Å². The van der Waals surface area contributed by atoms with Gasteiger partial charge in [-0.1, -0.05) is 18.2 Å². The van der Waals surface area contributed by atoms with E-state index < -0.39 is 10.0 Å². The Morgan fingerprint density at radius 2 is 1.77 bits per heavy atom. The molecular weight excluding hydrogens is 430 g/mol. The van der Waals surface area contributed by atoms with Crippen LogP contribution < -0.4 is 9.54 Å². The summed E-state index contributed by atoms with van der Waals surface area (Å²) in [6.07, 6.45) is 3.68. The molecule has 4 rings (SSSR count). The topological polar surface area (TPSA) is 63.9 Å². The molecule has 1 aromatic heterocycles. The summed E-state index contributed by atoms with van der Waals surface area (Å²) >= 11 is 1.54. The molecule has 1 aliphatic heterocycles. The molecule has 0 N–H and O–H groups in total. The van der Waals surface area contributed by atoms with Gasteiger partial charge in [-0.05, 0) is 54.8 Å². The van der Waals surface area contributed by atoms with Crippen LogP contribution in [0.1, 0.15) is 12.8 Å². The highest BCUT2D eigenvalue weighted by Gasteiger charge is 2.27. The molecule has 1 aliphatic rings. The van der Waals surface area contributed by atoms with Crippen molar-refractivity contribution in [1.82, 2.24) is 8.87 Å². The van der Waals surface area contributed by atoms with Gasteiger partial charge < -0.3 is 9.30 Å². The van der Waals surface area contributed by atoms with Crippen molar-refractivity contribution in [2.24, 2.45) is 4.99 Å². The Kier molecular flexibility index (Phi) is 6.41. The molecule has 8 heteroatoms. The highest BCUT2D eigenvalue weighted by atomic mass is 32.2. The molecule has 162 valence electrons. The van der Waals surface area contributed by atoms with Crippen LogP contribution in [0.2, 0.25) is 0 Å². The van der Waals surface area contributed by atoms with Crippen molar-refractivity contribution < 1.29 is 13.2 Å². The van der Waals surface area contributed by atoms with E-state index in [0.717, 1.165) is 40.3 Å². The first kappa shape index (κ1) is 21.5. The van der Waals surface area contributed by atoms with Gasteiger partial charge in [0.25, 0.3) is 0 Å². The Hall–Kier alpha value is -2.68. The van der Waals surface area contributed by atoms with Gasteiger partial charge in [0.15, 0.2) is 4.80 Å². The van der Waals surface area contributed by atoms with Crippen molar-refractivity contribution in [3.05, 3.63) is 71.4 Å². The Balaban J connectivity index is 1.68. The van der Waals surface area contributed by atoms with Gasteiger partial charge in [0.1, 0.15) is 5.75 Å². The maximum atomic E-state index is 12.8. The van der Waals surface area contributed by atoms with Crippen molar-refractivity contribution >= 4 is 27.0 Å². The molecule has 0 atom stereocenters. The number of rotatable bonds is 7. The van der Waals surface area contributed by atoms with E-state index in [-0.39, 0.29) is 0 Å². The van der Waals surface area contributed by atoms with Crippen LogP contribution in [0.25, 0.3) is 11.3 Å². The molecule has 2 aromatic carbocycles. The summed E-state index contributed by atoms with van der Waals surface area (Å²) in [5.41, 5.74) is 2.75. The lowest BCUT2D eigenvalue weighted by atomic mass is 10.2. The van der Waals surface area contributed by atoms with E-state index in [4.69, 9.17) is 9.73 Å². The zero-order chi connectivity index (χ0) is 21.8. The zero-order valence-electron chi connectivity index (χ0n) is 17.4. The molecule has 6 nitrogen and oxygen atoms in total. The van der Waals surface area contributed by atoms with Crippen molar-refractivity contribution in [3.63, 3.8) is 0 Å². The molecule has 0 spiro atoms. The van der Waals surface area contributed by atoms with Crippen LogP contribution in [-0.2, 0) is 16.6 Å². The number of sulfonamides is 1. The molecule has 0 radical (unpaired) electrons. The van der Waals surface area contributed by atoms with Gasteiger partial charge in [0, 0.05) is 25.0 Å². The highest BCUT2D eigenvalue weighted by molar-refractivity contribution is 7.89. The number of allylic oxidation sites excluding steroid dienone is 1. The average molecular weight is 456 g/mol. The largest absolute Gasteiger partial charge is 0.497 e. The first-order valence-electron chi connectivity index (χ1n) is 10.1. The molecule has 0 amide bonds. The van der Waals surface area contributed by atoms with Crippen LogP contribution >= 0.6 is 11.3 Å². The number of thiazole rings is 1. The molecule has 0 aliphatic carbocycles. The fraction of sp³-hybridized carbons (Fsp3) is 0.261. The fourth-order valence-corrected chi connectivity index (χ4v) is 6.05. The van der Waals surface area contributed by atoms with E-state index in [0.29, 0.717) is 24.5 Å². The Morgan fingerprint density at radius 1 is 1.10 bits per heavy atom. The third kappa shape index (κ3) is 4.51. The number of aromatic nitrogens is 1. The number of ether oxygens (including phenoxy) is 1. The first-order valence-corrected chi connectivity index (χ1v) is 12.4. The second-order valence-corrected chi connectivity index (χ2v) is 10.0. The predicted octanol–water partition coefficient (Wildman–Crippen LogP) is 4.43. The maximum absolute atomic E-state index is 12.8. The van der Waals surface area contributed by atoms with E-state index in [2.05, 4.69) is 11.1 Å². The minimum Gasteiger partial charge on any atom is -0.497 e. The third-order valence-corrected chi connectivity index (χ3v) is 8.04. The Labute approximate surface area is 186 Å². The summed E-state index contributed by atoms with van der Waals surface area (Å²) in [6.45, 7) is 5.67. The van der Waals surface area contributed by atoms with Gasteiger partial charge in [-0.15, -0.1) is 17.9 Å². The van der Waals surface area contributed by atoms with E-state index in [1.807, 2.05) is 47.9 Å². The predicted molar refractivity (Wildman–Crippen MR) is 124 cm³/mol. The van der Waals surface area contributed by atoms with Crippen LogP contribution in [0.5, 0.6) is 5.75 Å². The minimum absolute atomic E-state index is 0.340. The van der Waals surface area contributed by atoms with Crippen molar-refractivity contribution in [2.45, 2.75) is 24.3 Å². The molecular formula is C23H25N3O3S2. The van der Waals surface area contributed by atoms with Gasteiger partial charge in [0.05, 0.1) is 23.4 Å². The molecule has 0 bridgehead atoms. The van der Waals surface area contributed by atoms with Crippen LogP contribution in [0.3, 0.4) is 0 Å². The van der Waals surface area contributed by atoms with Gasteiger partial charge in [-0.3, -0.25) is 0 Å². The van der Waals surface area contributed by atoms with Crippen LogP contribution in [0, 0.1) is 0 Å². The second-order valence-electron chi connectivity index (χ2n) is 7.25. The number of nitrogens with zero attached hydrogens (tertiary/aromatic N) is 3. The number of benzene rings is 2. The van der Waals surface area contributed by atoms with Crippen molar-refractivity contribution in [1.29, 1.82) is 0 Å². The lowest BCUT2D eigenvalue weighted by Gasteiger charge is -2.15. The molecule has 2 heterocycles. The zero-order valence-corrected chi connectivity index (χ0v) is 19.0. The SMILES string of the molecule is C=CCn1c(-c2ccc(S(=O)(=O)N3CCCC3)cc2)csc1=Nc1ccc(OC)cc1. The number of hydrogen-bond donors (Lipinski definition) is 0. The molecule has 1 fully saturated rings. The van der Waals surface area contributed by atoms with Crippen LogP contribution in [0.4, 0.5) is 5.69 Å². The van der Waals surface area contributed by atoms with E-state index >= 15 is 0 Å². The lowest BCUT2D eigenvalue weighted by molar-refractivity contribution is 0.415. The second kappa shape index (κ2) is 9.21. The molecule has 0 saturated carbocycles. The van der Waals surface area contributed by atoms with Crippen molar-refractivity contribution in [2.75, 3.05) is 20.2 Å². The number of hydrogen-bond acceptors (Lipinski definition) is 5.